The molecule has 28 heavy (non-hydrogen) atoms. The summed E-state index contributed by atoms with van der Waals surface area (Å²) in [5.74, 6) is 0.244. The van der Waals surface area contributed by atoms with E-state index >= 15 is 0 Å². The first-order chi connectivity index (χ1) is 13.2. The highest BCUT2D eigenvalue weighted by Crippen LogP contribution is 2.34. The van der Waals surface area contributed by atoms with Crippen molar-refractivity contribution in [1.82, 2.24) is 9.97 Å². The highest BCUT2D eigenvalue weighted by atomic mass is 19.3. The number of aromatic nitrogens is 2. The minimum Gasteiger partial charge on any atom is -0.491 e. The Hall–Kier alpha value is -2.60. The van der Waals surface area contributed by atoms with E-state index in [1.165, 1.54) is 12.3 Å². The summed E-state index contributed by atoms with van der Waals surface area (Å²) in [5.41, 5.74) is 7.55. The zero-order valence-electron chi connectivity index (χ0n) is 16.3. The number of nitrogens with two attached hydrogens (primary N) is 1. The van der Waals surface area contributed by atoms with Crippen LogP contribution in [0.15, 0.2) is 48.8 Å². The van der Waals surface area contributed by atoms with Crippen molar-refractivity contribution in [2.45, 2.75) is 39.2 Å². The molecule has 2 heterocycles. The third-order valence-corrected chi connectivity index (χ3v) is 4.46. The first-order valence-corrected chi connectivity index (χ1v) is 9.28. The van der Waals surface area contributed by atoms with Gasteiger partial charge < -0.3 is 10.5 Å². The molecule has 148 valence electrons. The average molecular weight is 385 g/mol. The molecule has 0 bridgehead atoms. The van der Waals surface area contributed by atoms with Gasteiger partial charge in [-0.25, -0.2) is 8.78 Å². The van der Waals surface area contributed by atoms with Gasteiger partial charge in [0.2, 0.25) is 0 Å². The Kier molecular flexibility index (Phi) is 5.89. The fourth-order valence-corrected chi connectivity index (χ4v) is 3.41. The van der Waals surface area contributed by atoms with Crippen molar-refractivity contribution in [3.8, 4) is 17.0 Å². The number of hydrogen-bond acceptors (Lipinski definition) is 4. The molecular formula is C22H25F2N3O. The summed E-state index contributed by atoms with van der Waals surface area (Å²) < 4.78 is 33.1. The van der Waals surface area contributed by atoms with Crippen LogP contribution < -0.4 is 10.5 Å². The highest BCUT2D eigenvalue weighted by molar-refractivity contribution is 5.93. The lowest BCUT2D eigenvalue weighted by molar-refractivity contribution is 0.142. The number of benzene rings is 1. The largest absolute Gasteiger partial charge is 0.491 e. The lowest BCUT2D eigenvalue weighted by Crippen LogP contribution is -2.35. The van der Waals surface area contributed by atoms with E-state index in [1.807, 2.05) is 45.0 Å². The molecule has 6 heteroatoms. The van der Waals surface area contributed by atoms with Crippen molar-refractivity contribution in [3.63, 3.8) is 0 Å². The Morgan fingerprint density at radius 1 is 1.14 bits per heavy atom. The fraction of sp³-hybridized carbons (Fsp3) is 0.364. The summed E-state index contributed by atoms with van der Waals surface area (Å²) in [6.07, 6.45) is 1.10. The first kappa shape index (κ1) is 20.1. The monoisotopic (exact) mass is 385 g/mol. The molecular weight excluding hydrogens is 360 g/mol. The number of para-hydroxylation sites is 1. The van der Waals surface area contributed by atoms with E-state index in [0.717, 1.165) is 22.9 Å². The Morgan fingerprint density at radius 2 is 1.89 bits per heavy atom. The number of fused-ring (bicyclic) bond motifs is 1. The van der Waals surface area contributed by atoms with Gasteiger partial charge in [0.25, 0.3) is 6.43 Å². The maximum absolute atomic E-state index is 13.7. The number of alkyl halides is 2. The molecule has 2 N–H and O–H groups in total. The lowest BCUT2D eigenvalue weighted by atomic mass is 9.93. The van der Waals surface area contributed by atoms with Crippen molar-refractivity contribution in [1.29, 1.82) is 0 Å². The molecule has 0 spiro atoms. The van der Waals surface area contributed by atoms with E-state index in [4.69, 9.17) is 10.5 Å². The van der Waals surface area contributed by atoms with E-state index in [-0.39, 0.29) is 22.8 Å². The van der Waals surface area contributed by atoms with Gasteiger partial charge in [0, 0.05) is 22.7 Å². The van der Waals surface area contributed by atoms with Crippen molar-refractivity contribution >= 4 is 10.9 Å². The molecule has 1 aromatic carbocycles. The second kappa shape index (κ2) is 8.19. The Morgan fingerprint density at radius 3 is 2.61 bits per heavy atom. The van der Waals surface area contributed by atoms with E-state index < -0.39 is 6.43 Å². The molecule has 1 unspecified atom stereocenters. The van der Waals surface area contributed by atoms with E-state index in [0.29, 0.717) is 12.3 Å². The molecule has 0 aliphatic carbocycles. The SMILES string of the molecule is CC(COc1cnc(-c2ccnc3ccccc23)cc1C(F)F)CC(C)(C)N. The van der Waals surface area contributed by atoms with Crippen LogP contribution in [0.3, 0.4) is 0 Å². The van der Waals surface area contributed by atoms with Crippen LogP contribution >= 0.6 is 0 Å². The standard InChI is InChI=1S/C22H25F2N3O/c1-14(11-22(2,3)25)13-28-20-12-27-19(10-17(20)21(23)24)16-8-9-26-18-7-5-4-6-15(16)18/h4-10,12,14,21H,11,13,25H2,1-3H3. The van der Waals surface area contributed by atoms with Gasteiger partial charge >= 0.3 is 0 Å². The number of halogens is 2. The topological polar surface area (TPSA) is 61.0 Å². The van der Waals surface area contributed by atoms with Crippen molar-refractivity contribution < 1.29 is 13.5 Å². The van der Waals surface area contributed by atoms with Crippen LogP contribution in [0.5, 0.6) is 5.75 Å². The normalized spacial score (nSPS) is 13.1. The Labute approximate surface area is 163 Å². The summed E-state index contributed by atoms with van der Waals surface area (Å²) >= 11 is 0. The molecule has 0 saturated carbocycles. The molecule has 0 aliphatic rings. The maximum Gasteiger partial charge on any atom is 0.267 e. The fourth-order valence-electron chi connectivity index (χ4n) is 3.41. The minimum atomic E-state index is -2.66. The van der Waals surface area contributed by atoms with Gasteiger partial charge in [-0.2, -0.15) is 0 Å². The predicted molar refractivity (Wildman–Crippen MR) is 107 cm³/mol. The third kappa shape index (κ3) is 4.81. The third-order valence-electron chi connectivity index (χ3n) is 4.46. The van der Waals surface area contributed by atoms with Crippen LogP contribution in [0.2, 0.25) is 0 Å². The number of rotatable bonds is 7. The molecule has 0 radical (unpaired) electrons. The van der Waals surface area contributed by atoms with Crippen LogP contribution in [-0.4, -0.2) is 22.1 Å². The second-order valence-electron chi connectivity index (χ2n) is 7.89. The van der Waals surface area contributed by atoms with Gasteiger partial charge in [-0.1, -0.05) is 25.1 Å². The zero-order chi connectivity index (χ0) is 20.3. The van der Waals surface area contributed by atoms with Gasteiger partial charge in [-0.3, -0.25) is 9.97 Å². The Bertz CT molecular complexity index is 949. The number of nitrogens with zero attached hydrogens (tertiary/aromatic N) is 2. The predicted octanol–water partition coefficient (Wildman–Crippen LogP) is 5.38. The molecule has 0 aliphatic heterocycles. The van der Waals surface area contributed by atoms with Crippen LogP contribution in [0.25, 0.3) is 22.2 Å². The summed E-state index contributed by atoms with van der Waals surface area (Å²) in [6.45, 7) is 6.16. The van der Waals surface area contributed by atoms with Gasteiger partial charge in [0.05, 0.1) is 29.6 Å². The number of hydrogen-bond donors (Lipinski definition) is 1. The number of ether oxygens (including phenoxy) is 1. The van der Waals surface area contributed by atoms with Crippen LogP contribution in [-0.2, 0) is 0 Å². The van der Waals surface area contributed by atoms with Crippen LogP contribution in [0.1, 0.15) is 39.2 Å². The summed E-state index contributed by atoms with van der Waals surface area (Å²) in [4.78, 5) is 8.69. The molecule has 3 rings (SSSR count). The van der Waals surface area contributed by atoms with E-state index in [9.17, 15) is 8.78 Å². The van der Waals surface area contributed by atoms with Crippen LogP contribution in [0.4, 0.5) is 8.78 Å². The molecule has 3 aromatic rings. The smallest absolute Gasteiger partial charge is 0.267 e. The highest BCUT2D eigenvalue weighted by Gasteiger charge is 2.20. The molecule has 1 atom stereocenters. The molecule has 2 aromatic heterocycles. The molecule has 0 amide bonds. The maximum atomic E-state index is 13.7. The second-order valence-corrected chi connectivity index (χ2v) is 7.89. The van der Waals surface area contributed by atoms with Gasteiger partial charge in [-0.05, 0) is 44.4 Å². The van der Waals surface area contributed by atoms with Gasteiger partial charge in [-0.15, -0.1) is 0 Å². The van der Waals surface area contributed by atoms with E-state index in [1.54, 1.807) is 12.3 Å². The van der Waals surface area contributed by atoms with Gasteiger partial charge in [0.1, 0.15) is 5.75 Å². The van der Waals surface area contributed by atoms with Crippen molar-refractivity contribution in [3.05, 3.63) is 54.4 Å². The molecule has 0 fully saturated rings. The first-order valence-electron chi connectivity index (χ1n) is 9.28. The summed E-state index contributed by atoms with van der Waals surface area (Å²) in [7, 11) is 0. The minimum absolute atomic E-state index is 0.110. The zero-order valence-corrected chi connectivity index (χ0v) is 16.3. The van der Waals surface area contributed by atoms with E-state index in [2.05, 4.69) is 9.97 Å². The molecule has 4 nitrogen and oxygen atoms in total. The quantitative estimate of drug-likeness (QED) is 0.593. The average Bonchev–Trinajstić information content (AvgIpc) is 2.64. The molecule has 0 saturated heterocycles. The Balaban J connectivity index is 1.89. The van der Waals surface area contributed by atoms with Crippen LogP contribution in [0, 0.1) is 5.92 Å². The van der Waals surface area contributed by atoms with Crippen molar-refractivity contribution in [2.75, 3.05) is 6.61 Å². The van der Waals surface area contributed by atoms with Gasteiger partial charge in [0.15, 0.2) is 0 Å². The summed E-state index contributed by atoms with van der Waals surface area (Å²) in [5, 5.41) is 0.866. The number of pyridine rings is 2. The van der Waals surface area contributed by atoms with Crippen molar-refractivity contribution in [2.24, 2.45) is 11.7 Å². The summed E-state index contributed by atoms with van der Waals surface area (Å²) in [6, 6.07) is 10.7. The lowest BCUT2D eigenvalue weighted by Gasteiger charge is -2.23.